The SMILES string of the molecule is CCN(C(=O)Cc1ccc(NC(=O)CCn2cnc3ccccc3c2=O)cc1)c1ccccc1. The highest BCUT2D eigenvalue weighted by molar-refractivity contribution is 5.95. The van der Waals surface area contributed by atoms with Crippen molar-refractivity contribution in [2.75, 3.05) is 16.8 Å². The Morgan fingerprint density at radius 2 is 1.65 bits per heavy atom. The Hall–Kier alpha value is -4.26. The number of anilines is 2. The fourth-order valence-corrected chi connectivity index (χ4v) is 3.80. The third-order valence-electron chi connectivity index (χ3n) is 5.59. The predicted molar refractivity (Wildman–Crippen MR) is 134 cm³/mol. The number of amides is 2. The third kappa shape index (κ3) is 5.38. The van der Waals surface area contributed by atoms with Crippen molar-refractivity contribution in [3.63, 3.8) is 0 Å². The van der Waals surface area contributed by atoms with Gasteiger partial charge in [-0.15, -0.1) is 0 Å². The average Bonchev–Trinajstić information content (AvgIpc) is 2.86. The summed E-state index contributed by atoms with van der Waals surface area (Å²) < 4.78 is 1.45. The van der Waals surface area contributed by atoms with E-state index in [-0.39, 0.29) is 36.8 Å². The number of fused-ring (bicyclic) bond motifs is 1. The molecule has 0 aliphatic rings. The van der Waals surface area contributed by atoms with Gasteiger partial charge in [-0.2, -0.15) is 0 Å². The van der Waals surface area contributed by atoms with Gasteiger partial charge in [0.1, 0.15) is 0 Å². The van der Waals surface area contributed by atoms with Crippen LogP contribution in [0, 0.1) is 0 Å². The number of para-hydroxylation sites is 2. The molecule has 0 saturated heterocycles. The van der Waals surface area contributed by atoms with E-state index in [0.29, 0.717) is 23.1 Å². The molecule has 0 saturated carbocycles. The molecule has 0 fully saturated rings. The molecule has 34 heavy (non-hydrogen) atoms. The second kappa shape index (κ2) is 10.6. The van der Waals surface area contributed by atoms with Crippen molar-refractivity contribution in [1.29, 1.82) is 0 Å². The van der Waals surface area contributed by atoms with Gasteiger partial charge >= 0.3 is 0 Å². The van der Waals surface area contributed by atoms with Gasteiger partial charge in [-0.1, -0.05) is 42.5 Å². The molecule has 0 aliphatic carbocycles. The highest BCUT2D eigenvalue weighted by Gasteiger charge is 2.14. The standard InChI is InChI=1S/C27H26N4O3/c1-2-31(22-8-4-3-5-9-22)26(33)18-20-12-14-21(15-13-20)29-25(32)16-17-30-19-28-24-11-7-6-10-23(24)27(30)34/h3-15,19H,2,16-18H2,1H3,(H,29,32). The summed E-state index contributed by atoms with van der Waals surface area (Å²) in [6, 6.07) is 24.0. The zero-order valence-corrected chi connectivity index (χ0v) is 19.0. The summed E-state index contributed by atoms with van der Waals surface area (Å²) in [6.07, 6.45) is 1.89. The maximum Gasteiger partial charge on any atom is 0.261 e. The van der Waals surface area contributed by atoms with Gasteiger partial charge in [-0.3, -0.25) is 19.0 Å². The van der Waals surface area contributed by atoms with Crippen molar-refractivity contribution in [3.8, 4) is 0 Å². The van der Waals surface area contributed by atoms with Gasteiger partial charge in [-0.25, -0.2) is 4.98 Å². The number of carbonyl (C=O) groups is 2. The second-order valence-electron chi connectivity index (χ2n) is 7.91. The van der Waals surface area contributed by atoms with Crippen LogP contribution in [0.3, 0.4) is 0 Å². The Bertz CT molecular complexity index is 1350. The summed E-state index contributed by atoms with van der Waals surface area (Å²) >= 11 is 0. The molecular weight excluding hydrogens is 428 g/mol. The minimum Gasteiger partial charge on any atom is -0.326 e. The summed E-state index contributed by atoms with van der Waals surface area (Å²) in [5, 5.41) is 3.37. The first-order valence-electron chi connectivity index (χ1n) is 11.2. The van der Waals surface area contributed by atoms with Gasteiger partial charge in [-0.05, 0) is 48.9 Å². The van der Waals surface area contributed by atoms with Gasteiger partial charge < -0.3 is 10.2 Å². The lowest BCUT2D eigenvalue weighted by molar-refractivity contribution is -0.118. The van der Waals surface area contributed by atoms with Gasteiger partial charge in [0.25, 0.3) is 5.56 Å². The number of aryl methyl sites for hydroxylation is 1. The molecular formula is C27H26N4O3. The van der Waals surface area contributed by atoms with Crippen molar-refractivity contribution < 1.29 is 9.59 Å². The van der Waals surface area contributed by atoms with Crippen LogP contribution in [0.25, 0.3) is 10.9 Å². The number of nitrogens with zero attached hydrogens (tertiary/aromatic N) is 3. The van der Waals surface area contributed by atoms with E-state index in [1.54, 1.807) is 35.2 Å². The first-order valence-corrected chi connectivity index (χ1v) is 11.2. The minimum absolute atomic E-state index is 0.0138. The monoisotopic (exact) mass is 454 g/mol. The van der Waals surface area contributed by atoms with Crippen molar-refractivity contribution in [1.82, 2.24) is 9.55 Å². The van der Waals surface area contributed by atoms with E-state index in [2.05, 4.69) is 10.3 Å². The minimum atomic E-state index is -0.204. The average molecular weight is 455 g/mol. The van der Waals surface area contributed by atoms with Gasteiger partial charge in [0.15, 0.2) is 0 Å². The molecule has 0 unspecified atom stereocenters. The molecule has 4 rings (SSSR count). The topological polar surface area (TPSA) is 84.3 Å². The molecule has 0 radical (unpaired) electrons. The van der Waals surface area contributed by atoms with Crippen LogP contribution >= 0.6 is 0 Å². The zero-order valence-electron chi connectivity index (χ0n) is 19.0. The number of benzene rings is 3. The first kappa shape index (κ1) is 22.9. The smallest absolute Gasteiger partial charge is 0.261 e. The number of rotatable bonds is 8. The van der Waals surface area contributed by atoms with E-state index >= 15 is 0 Å². The number of likely N-dealkylation sites (N-methyl/N-ethyl adjacent to an activating group) is 1. The molecule has 1 aromatic heterocycles. The van der Waals surface area contributed by atoms with Crippen LogP contribution in [0.4, 0.5) is 11.4 Å². The van der Waals surface area contributed by atoms with Gasteiger partial charge in [0.05, 0.1) is 23.7 Å². The molecule has 0 aliphatic heterocycles. The molecule has 0 spiro atoms. The van der Waals surface area contributed by atoms with Crippen LogP contribution in [-0.2, 0) is 22.6 Å². The second-order valence-corrected chi connectivity index (χ2v) is 7.91. The van der Waals surface area contributed by atoms with Gasteiger partial charge in [0, 0.05) is 30.9 Å². The Morgan fingerprint density at radius 1 is 0.941 bits per heavy atom. The molecule has 0 atom stereocenters. The van der Waals surface area contributed by atoms with Crippen molar-refractivity contribution in [2.45, 2.75) is 26.3 Å². The van der Waals surface area contributed by atoms with Crippen LogP contribution in [-0.4, -0.2) is 27.9 Å². The molecule has 1 heterocycles. The summed E-state index contributed by atoms with van der Waals surface area (Å²) in [6.45, 7) is 2.78. The summed E-state index contributed by atoms with van der Waals surface area (Å²) in [7, 11) is 0. The quantitative estimate of drug-likeness (QED) is 0.436. The van der Waals surface area contributed by atoms with Crippen molar-refractivity contribution in [3.05, 3.63) is 101 Å². The molecule has 4 aromatic rings. The Morgan fingerprint density at radius 3 is 2.38 bits per heavy atom. The normalized spacial score (nSPS) is 10.7. The van der Waals surface area contributed by atoms with Crippen LogP contribution in [0.2, 0.25) is 0 Å². The van der Waals surface area contributed by atoms with E-state index < -0.39 is 0 Å². The van der Waals surface area contributed by atoms with E-state index in [4.69, 9.17) is 0 Å². The Labute approximate surface area is 197 Å². The molecule has 0 bridgehead atoms. The van der Waals surface area contributed by atoms with E-state index in [9.17, 15) is 14.4 Å². The maximum absolute atomic E-state index is 12.8. The highest BCUT2D eigenvalue weighted by atomic mass is 16.2. The number of hydrogen-bond acceptors (Lipinski definition) is 4. The molecule has 1 N–H and O–H groups in total. The van der Waals surface area contributed by atoms with E-state index in [1.807, 2.05) is 55.5 Å². The molecule has 2 amide bonds. The Balaban J connectivity index is 1.33. The number of carbonyl (C=O) groups excluding carboxylic acids is 2. The number of nitrogens with one attached hydrogen (secondary N) is 1. The molecule has 3 aromatic carbocycles. The largest absolute Gasteiger partial charge is 0.326 e. The maximum atomic E-state index is 12.8. The lowest BCUT2D eigenvalue weighted by Crippen LogP contribution is -2.31. The van der Waals surface area contributed by atoms with Crippen LogP contribution < -0.4 is 15.8 Å². The number of aromatic nitrogens is 2. The molecule has 172 valence electrons. The third-order valence-corrected chi connectivity index (χ3v) is 5.59. The van der Waals surface area contributed by atoms with Gasteiger partial charge in [0.2, 0.25) is 11.8 Å². The lowest BCUT2D eigenvalue weighted by atomic mass is 10.1. The van der Waals surface area contributed by atoms with Crippen LogP contribution in [0.5, 0.6) is 0 Å². The highest BCUT2D eigenvalue weighted by Crippen LogP contribution is 2.16. The van der Waals surface area contributed by atoms with Crippen molar-refractivity contribution in [2.24, 2.45) is 0 Å². The number of hydrogen-bond donors (Lipinski definition) is 1. The fraction of sp³-hybridized carbons (Fsp3) is 0.185. The molecule has 7 nitrogen and oxygen atoms in total. The van der Waals surface area contributed by atoms with E-state index in [0.717, 1.165) is 11.3 Å². The van der Waals surface area contributed by atoms with Crippen molar-refractivity contribution >= 4 is 34.1 Å². The summed E-state index contributed by atoms with van der Waals surface area (Å²) in [4.78, 5) is 43.7. The fourth-order valence-electron chi connectivity index (χ4n) is 3.80. The summed E-state index contributed by atoms with van der Waals surface area (Å²) in [5.41, 5.74) is 2.85. The molecule has 7 heteroatoms. The van der Waals surface area contributed by atoms with Crippen LogP contribution in [0.15, 0.2) is 90.0 Å². The Kier molecular flexibility index (Phi) is 7.13. The summed E-state index contributed by atoms with van der Waals surface area (Å²) in [5.74, 6) is -0.190. The lowest BCUT2D eigenvalue weighted by Gasteiger charge is -2.21. The first-order chi connectivity index (χ1) is 16.5. The van der Waals surface area contributed by atoms with E-state index in [1.165, 1.54) is 10.9 Å². The zero-order chi connectivity index (χ0) is 23.9. The van der Waals surface area contributed by atoms with Crippen LogP contribution in [0.1, 0.15) is 18.9 Å². The predicted octanol–water partition coefficient (Wildman–Crippen LogP) is 4.02.